The van der Waals surface area contributed by atoms with Gasteiger partial charge in [-0.15, -0.1) is 0 Å². The van der Waals surface area contributed by atoms with Gasteiger partial charge in [0.2, 0.25) is 17.4 Å². The molecule has 15 heteroatoms. The minimum Gasteiger partial charge on any atom is -0.367 e. The van der Waals surface area contributed by atoms with Crippen molar-refractivity contribution in [3.63, 3.8) is 0 Å². The first-order valence-electron chi connectivity index (χ1n) is 8.12. The summed E-state index contributed by atoms with van der Waals surface area (Å²) in [7, 11) is 0. The predicted molar refractivity (Wildman–Crippen MR) is 86.7 cm³/mol. The van der Waals surface area contributed by atoms with Gasteiger partial charge < -0.3 is 9.72 Å². The molecule has 4 rings (SSSR count). The van der Waals surface area contributed by atoms with E-state index in [9.17, 15) is 26.3 Å². The van der Waals surface area contributed by atoms with Crippen LogP contribution >= 0.6 is 0 Å². The maximum Gasteiger partial charge on any atom is 0.451 e. The summed E-state index contributed by atoms with van der Waals surface area (Å²) in [4.78, 5) is 18.3. The van der Waals surface area contributed by atoms with Crippen molar-refractivity contribution >= 4 is 5.78 Å². The molecule has 0 bridgehead atoms. The Balaban J connectivity index is 1.77. The Kier molecular flexibility index (Phi) is 4.68. The van der Waals surface area contributed by atoms with Crippen LogP contribution in [0.1, 0.15) is 11.4 Å². The van der Waals surface area contributed by atoms with Crippen molar-refractivity contribution in [2.45, 2.75) is 19.0 Å². The Morgan fingerprint density at radius 1 is 1.07 bits per heavy atom. The first-order chi connectivity index (χ1) is 14.1. The Morgan fingerprint density at radius 2 is 1.87 bits per heavy atom. The molecular weight excluding hydrogens is 422 g/mol. The van der Waals surface area contributed by atoms with Gasteiger partial charge in [-0.3, -0.25) is 9.50 Å². The molecule has 0 saturated heterocycles. The standard InChI is InChI=1S/C15H10F6N8O/c16-14(17,18)5-30-4-7-1-23-13-25-9(11-26-12(28-27-11)15(19,20)21)10(29(13)3-7)8-2-22-6-24-8/h1-3,6H,4-5H2,(H,22,24)(H,26,27,28). The van der Waals surface area contributed by atoms with E-state index in [1.54, 1.807) is 5.10 Å². The molecule has 158 valence electrons. The molecule has 9 nitrogen and oxygen atoms in total. The zero-order chi connectivity index (χ0) is 21.5. The van der Waals surface area contributed by atoms with Crippen LogP contribution in [0, 0.1) is 0 Å². The molecular formula is C15H10F6N8O. The van der Waals surface area contributed by atoms with E-state index in [-0.39, 0.29) is 28.6 Å². The molecule has 0 amide bonds. The number of imidazole rings is 2. The highest BCUT2D eigenvalue weighted by atomic mass is 19.4. The second-order valence-corrected chi connectivity index (χ2v) is 6.02. The van der Waals surface area contributed by atoms with E-state index in [0.29, 0.717) is 5.69 Å². The van der Waals surface area contributed by atoms with Gasteiger partial charge in [0.25, 0.3) is 0 Å². The van der Waals surface area contributed by atoms with Gasteiger partial charge in [-0.05, 0) is 0 Å². The lowest BCUT2D eigenvalue weighted by atomic mass is 10.2. The van der Waals surface area contributed by atoms with Gasteiger partial charge in [-0.1, -0.05) is 0 Å². The molecule has 4 aromatic rings. The summed E-state index contributed by atoms with van der Waals surface area (Å²) < 4.78 is 81.4. The molecule has 0 spiro atoms. The molecule has 0 unspecified atom stereocenters. The van der Waals surface area contributed by atoms with Crippen LogP contribution in [0.4, 0.5) is 26.3 Å². The highest BCUT2D eigenvalue weighted by molar-refractivity contribution is 5.76. The van der Waals surface area contributed by atoms with Crippen molar-refractivity contribution in [2.75, 3.05) is 6.61 Å². The number of H-pyrrole nitrogens is 2. The van der Waals surface area contributed by atoms with Gasteiger partial charge in [-0.2, -0.15) is 31.4 Å². The van der Waals surface area contributed by atoms with Crippen LogP contribution in [0.15, 0.2) is 24.9 Å². The van der Waals surface area contributed by atoms with Gasteiger partial charge in [-0.25, -0.2) is 19.9 Å². The minimum absolute atomic E-state index is 0.0353. The van der Waals surface area contributed by atoms with Gasteiger partial charge in [0.1, 0.15) is 18.0 Å². The SMILES string of the molecule is FC(F)(F)COCc1cnc2nc(-c3n[nH]c(C(F)(F)F)n3)c(-c3cnc[nH]3)n2c1. The number of alkyl halides is 6. The lowest BCUT2D eigenvalue weighted by Gasteiger charge is -2.08. The third kappa shape index (κ3) is 3.96. The summed E-state index contributed by atoms with van der Waals surface area (Å²) in [6, 6.07) is 0. The molecule has 0 aliphatic rings. The maximum atomic E-state index is 12.9. The maximum absolute atomic E-state index is 12.9. The van der Waals surface area contributed by atoms with Crippen LogP contribution in [0.2, 0.25) is 0 Å². The van der Waals surface area contributed by atoms with E-state index in [4.69, 9.17) is 0 Å². The van der Waals surface area contributed by atoms with Crippen LogP contribution in [-0.2, 0) is 17.5 Å². The molecule has 0 atom stereocenters. The number of aromatic amines is 2. The number of nitrogens with zero attached hydrogens (tertiary/aromatic N) is 6. The number of fused-ring (bicyclic) bond motifs is 1. The van der Waals surface area contributed by atoms with Crippen molar-refractivity contribution in [3.8, 4) is 22.9 Å². The number of hydrogen-bond donors (Lipinski definition) is 2. The highest BCUT2D eigenvalue weighted by Crippen LogP contribution is 2.32. The first kappa shape index (κ1) is 19.8. The van der Waals surface area contributed by atoms with Crippen molar-refractivity contribution in [3.05, 3.63) is 36.3 Å². The minimum atomic E-state index is -4.74. The predicted octanol–water partition coefficient (Wildman–Crippen LogP) is 3.00. The van der Waals surface area contributed by atoms with Crippen molar-refractivity contribution in [2.24, 2.45) is 0 Å². The first-order valence-corrected chi connectivity index (χ1v) is 8.12. The van der Waals surface area contributed by atoms with E-state index < -0.39 is 31.4 Å². The average molecular weight is 432 g/mol. The lowest BCUT2D eigenvalue weighted by molar-refractivity contribution is -0.176. The number of hydrogen-bond acceptors (Lipinski definition) is 6. The summed E-state index contributed by atoms with van der Waals surface area (Å²) in [5, 5.41) is 5.38. The highest BCUT2D eigenvalue weighted by Gasteiger charge is 2.36. The number of aromatic nitrogens is 8. The third-order valence-corrected chi connectivity index (χ3v) is 3.79. The molecule has 0 saturated carbocycles. The quantitative estimate of drug-likeness (QED) is 0.470. The monoisotopic (exact) mass is 432 g/mol. The number of nitrogens with one attached hydrogen (secondary N) is 2. The van der Waals surface area contributed by atoms with Gasteiger partial charge in [0.15, 0.2) is 0 Å². The number of rotatable bonds is 5. The Morgan fingerprint density at radius 3 is 2.50 bits per heavy atom. The largest absolute Gasteiger partial charge is 0.451 e. The summed E-state index contributed by atoms with van der Waals surface area (Å²) >= 11 is 0. The third-order valence-electron chi connectivity index (χ3n) is 3.79. The van der Waals surface area contributed by atoms with Crippen LogP contribution in [-0.4, -0.2) is 52.3 Å². The smallest absolute Gasteiger partial charge is 0.367 e. The second kappa shape index (κ2) is 7.08. The molecule has 0 radical (unpaired) electrons. The van der Waals surface area contributed by atoms with Gasteiger partial charge in [0.05, 0.1) is 24.8 Å². The van der Waals surface area contributed by atoms with E-state index in [1.165, 1.54) is 29.3 Å². The fourth-order valence-corrected chi connectivity index (χ4v) is 2.63. The molecule has 2 N–H and O–H groups in total. The zero-order valence-corrected chi connectivity index (χ0v) is 14.6. The van der Waals surface area contributed by atoms with Crippen molar-refractivity contribution in [1.29, 1.82) is 0 Å². The van der Waals surface area contributed by atoms with E-state index in [0.717, 1.165) is 0 Å². The lowest BCUT2D eigenvalue weighted by Crippen LogP contribution is -2.16. The van der Waals surface area contributed by atoms with Crippen LogP contribution in [0.3, 0.4) is 0 Å². The van der Waals surface area contributed by atoms with E-state index in [1.807, 2.05) is 0 Å². The van der Waals surface area contributed by atoms with Gasteiger partial charge in [0, 0.05) is 18.0 Å². The molecule has 30 heavy (non-hydrogen) atoms. The topological polar surface area (TPSA) is 110 Å². The Hall–Kier alpha value is -3.49. The van der Waals surface area contributed by atoms with Crippen LogP contribution < -0.4 is 0 Å². The molecule has 4 aromatic heterocycles. The molecule has 0 aliphatic carbocycles. The summed E-state index contributed by atoms with van der Waals surface area (Å²) in [5.74, 6) is -1.58. The number of halogens is 6. The Labute approximate surface area is 162 Å². The fraction of sp³-hybridized carbons (Fsp3) is 0.267. The van der Waals surface area contributed by atoms with E-state index >= 15 is 0 Å². The van der Waals surface area contributed by atoms with E-state index in [2.05, 4.69) is 34.8 Å². The van der Waals surface area contributed by atoms with Crippen LogP contribution in [0.5, 0.6) is 0 Å². The molecule has 0 fully saturated rings. The zero-order valence-electron chi connectivity index (χ0n) is 14.6. The summed E-state index contributed by atoms with van der Waals surface area (Å²) in [6.07, 6.45) is -3.85. The van der Waals surface area contributed by atoms with Crippen LogP contribution in [0.25, 0.3) is 28.7 Å². The fourth-order valence-electron chi connectivity index (χ4n) is 2.63. The molecule has 4 heterocycles. The van der Waals surface area contributed by atoms with Gasteiger partial charge >= 0.3 is 12.4 Å². The van der Waals surface area contributed by atoms with Crippen molar-refractivity contribution in [1.82, 2.24) is 39.5 Å². The van der Waals surface area contributed by atoms with Crippen molar-refractivity contribution < 1.29 is 31.1 Å². The second-order valence-electron chi connectivity index (χ2n) is 6.02. The normalized spacial score (nSPS) is 12.7. The average Bonchev–Trinajstić information content (AvgIpc) is 3.38. The number of ether oxygens (including phenoxy) is 1. The molecule has 0 aliphatic heterocycles. The molecule has 0 aromatic carbocycles. The summed E-state index contributed by atoms with van der Waals surface area (Å²) in [6.45, 7) is -1.83. The Bertz CT molecular complexity index is 1160. The summed E-state index contributed by atoms with van der Waals surface area (Å²) in [5.41, 5.74) is 0.820.